The molecule has 0 saturated heterocycles. The predicted octanol–water partition coefficient (Wildman–Crippen LogP) is 3.27. The van der Waals surface area contributed by atoms with Crippen LogP contribution in [-0.2, 0) is 19.6 Å². The van der Waals surface area contributed by atoms with Crippen LogP contribution in [0, 0.1) is 13.8 Å². The van der Waals surface area contributed by atoms with Crippen molar-refractivity contribution in [2.75, 3.05) is 4.72 Å². The number of urea groups is 1. The van der Waals surface area contributed by atoms with Gasteiger partial charge in [-0.1, -0.05) is 24.3 Å². The van der Waals surface area contributed by atoms with Crippen LogP contribution in [0.2, 0.25) is 0 Å². The van der Waals surface area contributed by atoms with Gasteiger partial charge in [-0.3, -0.25) is 14.8 Å². The van der Waals surface area contributed by atoms with Crippen LogP contribution < -0.4 is 15.4 Å². The topological polar surface area (TPSA) is 131 Å². The van der Waals surface area contributed by atoms with Crippen molar-refractivity contribution in [1.82, 2.24) is 10.6 Å². The molecule has 3 amide bonds. The van der Waals surface area contributed by atoms with Crippen molar-refractivity contribution in [3.8, 4) is 0 Å². The summed E-state index contributed by atoms with van der Waals surface area (Å²) >= 11 is 0. The Labute approximate surface area is 194 Å². The molecule has 2 rings (SSSR count). The molecule has 0 fully saturated rings. The Kier molecular flexibility index (Phi) is 7.86. The molecule has 0 heterocycles. The standard InChI is InChI=1S/C23H29N3O6S/c1-14-11-12-15(2)19(13-14)33(30,31)26-18-10-8-7-9-17(18)21(28)32-16(3)20(27)24-22(29)25-23(4,5)6/h7-13,16,26H,1-6H3,(H2,24,25,27,29). The third kappa shape index (κ3) is 7.31. The summed E-state index contributed by atoms with van der Waals surface area (Å²) in [7, 11) is -3.99. The fraction of sp³-hybridized carbons (Fsp3) is 0.348. The zero-order valence-corrected chi connectivity index (χ0v) is 20.3. The third-order valence-electron chi connectivity index (χ3n) is 4.40. The van der Waals surface area contributed by atoms with Gasteiger partial charge >= 0.3 is 12.0 Å². The van der Waals surface area contributed by atoms with E-state index in [1.807, 2.05) is 0 Å². The number of hydrogen-bond acceptors (Lipinski definition) is 6. The number of sulfonamides is 1. The van der Waals surface area contributed by atoms with Gasteiger partial charge in [0.1, 0.15) is 0 Å². The van der Waals surface area contributed by atoms with Gasteiger partial charge in [-0.15, -0.1) is 0 Å². The Balaban J connectivity index is 2.17. The number of benzene rings is 2. The van der Waals surface area contributed by atoms with Crippen molar-refractivity contribution in [3.63, 3.8) is 0 Å². The van der Waals surface area contributed by atoms with Crippen molar-refractivity contribution < 1.29 is 27.5 Å². The number of aryl methyl sites for hydroxylation is 2. The molecule has 0 saturated carbocycles. The second kappa shape index (κ2) is 10.0. The number of carbonyl (C=O) groups excluding carboxylic acids is 3. The number of esters is 1. The quantitative estimate of drug-likeness (QED) is 0.550. The van der Waals surface area contributed by atoms with E-state index in [9.17, 15) is 22.8 Å². The van der Waals surface area contributed by atoms with Crippen LogP contribution in [0.4, 0.5) is 10.5 Å². The molecule has 0 aliphatic rings. The van der Waals surface area contributed by atoms with Gasteiger partial charge in [0.05, 0.1) is 16.1 Å². The average molecular weight is 476 g/mol. The maximum atomic E-state index is 12.9. The van der Waals surface area contributed by atoms with Gasteiger partial charge in [-0.2, -0.15) is 0 Å². The average Bonchev–Trinajstić information content (AvgIpc) is 2.68. The number of carbonyl (C=O) groups is 3. The maximum Gasteiger partial charge on any atom is 0.341 e. The molecule has 0 bridgehead atoms. The van der Waals surface area contributed by atoms with Gasteiger partial charge in [0.15, 0.2) is 6.10 Å². The summed E-state index contributed by atoms with van der Waals surface area (Å²) in [5, 5.41) is 4.66. The molecule has 0 spiro atoms. The number of amides is 3. The Morgan fingerprint density at radius 2 is 1.64 bits per heavy atom. The number of anilines is 1. The summed E-state index contributed by atoms with van der Waals surface area (Å²) in [6.07, 6.45) is -1.30. The number of ether oxygens (including phenoxy) is 1. The first-order valence-corrected chi connectivity index (χ1v) is 11.7. The van der Waals surface area contributed by atoms with Gasteiger partial charge in [0.25, 0.3) is 15.9 Å². The Hall–Kier alpha value is -3.40. The minimum absolute atomic E-state index is 0.00138. The predicted molar refractivity (Wildman–Crippen MR) is 124 cm³/mol. The Morgan fingerprint density at radius 1 is 1.00 bits per heavy atom. The molecule has 0 radical (unpaired) electrons. The molecule has 10 heteroatoms. The highest BCUT2D eigenvalue weighted by atomic mass is 32.2. The highest BCUT2D eigenvalue weighted by Crippen LogP contribution is 2.24. The Morgan fingerprint density at radius 3 is 2.27 bits per heavy atom. The van der Waals surface area contributed by atoms with E-state index < -0.39 is 39.6 Å². The summed E-state index contributed by atoms with van der Waals surface area (Å²) in [6.45, 7) is 9.99. The van der Waals surface area contributed by atoms with E-state index in [4.69, 9.17) is 4.74 Å². The SMILES string of the molecule is Cc1ccc(C)c(S(=O)(=O)Nc2ccccc2C(=O)OC(C)C(=O)NC(=O)NC(C)(C)C)c1. The molecule has 0 aromatic heterocycles. The number of nitrogens with one attached hydrogen (secondary N) is 3. The van der Waals surface area contributed by atoms with Crippen LogP contribution >= 0.6 is 0 Å². The molecule has 178 valence electrons. The van der Waals surface area contributed by atoms with Crippen molar-refractivity contribution in [2.24, 2.45) is 0 Å². The second-order valence-corrected chi connectivity index (χ2v) is 10.3. The first-order chi connectivity index (χ1) is 15.2. The zero-order chi connectivity index (χ0) is 25.0. The molecule has 3 N–H and O–H groups in total. The first-order valence-electron chi connectivity index (χ1n) is 10.2. The molecule has 9 nitrogen and oxygen atoms in total. The zero-order valence-electron chi connectivity index (χ0n) is 19.5. The van der Waals surface area contributed by atoms with E-state index in [-0.39, 0.29) is 16.1 Å². The number of para-hydroxylation sites is 1. The van der Waals surface area contributed by atoms with E-state index in [0.29, 0.717) is 5.56 Å². The fourth-order valence-corrected chi connectivity index (χ4v) is 4.22. The van der Waals surface area contributed by atoms with E-state index in [2.05, 4.69) is 15.4 Å². The van der Waals surface area contributed by atoms with Crippen LogP contribution in [0.1, 0.15) is 49.2 Å². The van der Waals surface area contributed by atoms with Crippen LogP contribution in [0.5, 0.6) is 0 Å². The largest absolute Gasteiger partial charge is 0.449 e. The van der Waals surface area contributed by atoms with E-state index >= 15 is 0 Å². The number of imide groups is 1. The van der Waals surface area contributed by atoms with Crippen LogP contribution in [0.25, 0.3) is 0 Å². The molecule has 0 aliphatic carbocycles. The van der Waals surface area contributed by atoms with Crippen LogP contribution in [0.15, 0.2) is 47.4 Å². The highest BCUT2D eigenvalue weighted by molar-refractivity contribution is 7.92. The van der Waals surface area contributed by atoms with Crippen molar-refractivity contribution in [1.29, 1.82) is 0 Å². The molecule has 0 aliphatic heterocycles. The molecule has 1 unspecified atom stereocenters. The normalized spacial score (nSPS) is 12.4. The van der Waals surface area contributed by atoms with E-state index in [1.54, 1.807) is 52.8 Å². The third-order valence-corrected chi connectivity index (χ3v) is 5.91. The fourth-order valence-electron chi connectivity index (χ4n) is 2.81. The van der Waals surface area contributed by atoms with Crippen LogP contribution in [-0.4, -0.2) is 38.0 Å². The molecule has 2 aromatic rings. The minimum atomic E-state index is -3.99. The monoisotopic (exact) mass is 475 g/mol. The van der Waals surface area contributed by atoms with Gasteiger partial charge < -0.3 is 10.1 Å². The van der Waals surface area contributed by atoms with Gasteiger partial charge in [0.2, 0.25) is 0 Å². The maximum absolute atomic E-state index is 12.9. The summed E-state index contributed by atoms with van der Waals surface area (Å²) in [6, 6.07) is 10.2. The molecular weight excluding hydrogens is 446 g/mol. The summed E-state index contributed by atoms with van der Waals surface area (Å²) in [4.78, 5) is 36.9. The van der Waals surface area contributed by atoms with Crippen molar-refractivity contribution >= 4 is 33.6 Å². The molecule has 1 atom stereocenters. The molecular formula is C23H29N3O6S. The Bertz CT molecular complexity index is 1170. The van der Waals surface area contributed by atoms with Crippen molar-refractivity contribution in [3.05, 3.63) is 59.2 Å². The van der Waals surface area contributed by atoms with Crippen LogP contribution in [0.3, 0.4) is 0 Å². The number of rotatable bonds is 6. The lowest BCUT2D eigenvalue weighted by Crippen LogP contribution is -2.50. The lowest BCUT2D eigenvalue weighted by molar-refractivity contribution is -0.127. The summed E-state index contributed by atoms with van der Waals surface area (Å²) in [5.74, 6) is -1.74. The molecule has 2 aromatic carbocycles. The van der Waals surface area contributed by atoms with E-state index in [0.717, 1.165) is 5.56 Å². The highest BCUT2D eigenvalue weighted by Gasteiger charge is 2.25. The summed E-state index contributed by atoms with van der Waals surface area (Å²) < 4.78 is 33.5. The summed E-state index contributed by atoms with van der Waals surface area (Å²) in [5.41, 5.74) is 0.679. The number of hydrogen-bond donors (Lipinski definition) is 3. The van der Waals surface area contributed by atoms with E-state index in [1.165, 1.54) is 31.2 Å². The lowest BCUT2D eigenvalue weighted by Gasteiger charge is -2.21. The van der Waals surface area contributed by atoms with Gasteiger partial charge in [-0.25, -0.2) is 18.0 Å². The first kappa shape index (κ1) is 25.9. The smallest absolute Gasteiger partial charge is 0.341 e. The second-order valence-electron chi connectivity index (χ2n) is 8.66. The van der Waals surface area contributed by atoms with Gasteiger partial charge in [-0.05, 0) is 70.9 Å². The minimum Gasteiger partial charge on any atom is -0.449 e. The molecule has 33 heavy (non-hydrogen) atoms. The lowest BCUT2D eigenvalue weighted by atomic mass is 10.1. The van der Waals surface area contributed by atoms with Gasteiger partial charge in [0, 0.05) is 5.54 Å². The van der Waals surface area contributed by atoms with Crippen molar-refractivity contribution in [2.45, 2.75) is 58.1 Å².